The van der Waals surface area contributed by atoms with Crippen LogP contribution in [0.3, 0.4) is 0 Å². The van der Waals surface area contributed by atoms with Gasteiger partial charge in [-0.15, -0.1) is 0 Å². The first-order chi connectivity index (χ1) is 18.0. The number of fused-ring (bicyclic) bond motifs is 1. The Morgan fingerprint density at radius 1 is 0.973 bits per heavy atom. The molecule has 0 saturated carbocycles. The molecule has 2 atom stereocenters. The van der Waals surface area contributed by atoms with Gasteiger partial charge < -0.3 is 19.1 Å². The van der Waals surface area contributed by atoms with Crippen LogP contribution in [-0.2, 0) is 22.7 Å². The first-order valence-electron chi connectivity index (χ1n) is 12.8. The van der Waals surface area contributed by atoms with Crippen molar-refractivity contribution in [3.05, 3.63) is 53.1 Å². The number of piperidine rings is 2. The smallest absolute Gasteiger partial charge is 0.255 e. The van der Waals surface area contributed by atoms with E-state index in [2.05, 4.69) is 16.3 Å². The number of carbonyl (C=O) groups excluding carboxylic acids is 3. The maximum absolute atomic E-state index is 12.9. The van der Waals surface area contributed by atoms with Crippen LogP contribution in [0.2, 0.25) is 0 Å². The summed E-state index contributed by atoms with van der Waals surface area (Å²) in [6.45, 7) is 2.64. The molecule has 37 heavy (non-hydrogen) atoms. The van der Waals surface area contributed by atoms with Gasteiger partial charge in [0.05, 0.1) is 14.2 Å². The molecule has 9 heteroatoms. The topological polar surface area (TPSA) is 97.4 Å². The largest absolute Gasteiger partial charge is 0.497 e. The monoisotopic (exact) mass is 507 g/mol. The molecule has 2 fully saturated rings. The molecule has 1 N–H and O–H groups in total. The van der Waals surface area contributed by atoms with Gasteiger partial charge in [-0.3, -0.25) is 24.6 Å². The highest BCUT2D eigenvalue weighted by Crippen LogP contribution is 2.31. The van der Waals surface area contributed by atoms with Gasteiger partial charge in [-0.05, 0) is 55.6 Å². The first kappa shape index (κ1) is 25.1. The van der Waals surface area contributed by atoms with E-state index >= 15 is 0 Å². The fourth-order valence-corrected chi connectivity index (χ4v) is 5.49. The molecule has 0 bridgehead atoms. The standard InChI is InChI=1S/C28H33N3O6/c1-35-21-7-6-18(25(14-21)36-2)15-30-12-4-3-5-20(30)17-37-22-8-9-23-19(13-22)16-31(28(23)34)24-10-11-26(32)29-27(24)33/h6-9,13-14,20,24H,3-5,10-12,15-17H2,1-2H3,(H,29,32,33). The number of rotatable bonds is 8. The molecule has 3 heterocycles. The van der Waals surface area contributed by atoms with Crippen LogP contribution in [0.4, 0.5) is 0 Å². The van der Waals surface area contributed by atoms with Crippen LogP contribution in [0.15, 0.2) is 36.4 Å². The Hall–Kier alpha value is -3.59. The van der Waals surface area contributed by atoms with Gasteiger partial charge in [0.2, 0.25) is 11.8 Å². The van der Waals surface area contributed by atoms with Crippen LogP contribution < -0.4 is 19.5 Å². The number of imide groups is 1. The number of likely N-dealkylation sites (tertiary alicyclic amines) is 1. The number of amides is 3. The Bertz CT molecular complexity index is 1200. The number of benzene rings is 2. The van der Waals surface area contributed by atoms with Gasteiger partial charge in [-0.25, -0.2) is 0 Å². The van der Waals surface area contributed by atoms with Crippen LogP contribution in [0.5, 0.6) is 17.2 Å². The number of hydrogen-bond acceptors (Lipinski definition) is 7. The number of ether oxygens (including phenoxy) is 3. The van der Waals surface area contributed by atoms with Crippen LogP contribution >= 0.6 is 0 Å². The van der Waals surface area contributed by atoms with Crippen molar-refractivity contribution in [1.29, 1.82) is 0 Å². The van der Waals surface area contributed by atoms with Gasteiger partial charge >= 0.3 is 0 Å². The Balaban J connectivity index is 1.23. The molecule has 2 aromatic rings. The SMILES string of the molecule is COc1ccc(CN2CCCCC2COc2ccc3c(c2)CN(C2CCC(=O)NC2=O)C3=O)c(OC)c1. The lowest BCUT2D eigenvalue weighted by molar-refractivity contribution is -0.136. The van der Waals surface area contributed by atoms with Crippen LogP contribution in [0.25, 0.3) is 0 Å². The van der Waals surface area contributed by atoms with Gasteiger partial charge in [0.1, 0.15) is 29.9 Å². The van der Waals surface area contributed by atoms with Crippen molar-refractivity contribution in [2.75, 3.05) is 27.4 Å². The number of nitrogens with one attached hydrogen (secondary N) is 1. The Morgan fingerprint density at radius 3 is 2.59 bits per heavy atom. The summed E-state index contributed by atoms with van der Waals surface area (Å²) in [6.07, 6.45) is 3.94. The van der Waals surface area contributed by atoms with E-state index in [4.69, 9.17) is 14.2 Å². The number of carbonyl (C=O) groups is 3. The van der Waals surface area contributed by atoms with Crippen molar-refractivity contribution in [2.24, 2.45) is 0 Å². The van der Waals surface area contributed by atoms with E-state index in [0.29, 0.717) is 30.9 Å². The summed E-state index contributed by atoms with van der Waals surface area (Å²) in [5.41, 5.74) is 2.54. The fourth-order valence-electron chi connectivity index (χ4n) is 5.49. The van der Waals surface area contributed by atoms with Crippen molar-refractivity contribution >= 4 is 17.7 Å². The van der Waals surface area contributed by atoms with Crippen molar-refractivity contribution in [2.45, 2.75) is 57.3 Å². The highest BCUT2D eigenvalue weighted by Gasteiger charge is 2.39. The Morgan fingerprint density at radius 2 is 1.81 bits per heavy atom. The maximum atomic E-state index is 12.9. The molecule has 0 aliphatic carbocycles. The zero-order chi connectivity index (χ0) is 25.9. The lowest BCUT2D eigenvalue weighted by Crippen LogP contribution is -2.52. The van der Waals surface area contributed by atoms with Gasteiger partial charge in [0.25, 0.3) is 5.91 Å². The zero-order valence-corrected chi connectivity index (χ0v) is 21.3. The molecule has 0 aromatic heterocycles. The first-order valence-corrected chi connectivity index (χ1v) is 12.8. The fraction of sp³-hybridized carbons (Fsp3) is 0.464. The average Bonchev–Trinajstić information content (AvgIpc) is 3.23. The summed E-state index contributed by atoms with van der Waals surface area (Å²) < 4.78 is 17.2. The lowest BCUT2D eigenvalue weighted by Gasteiger charge is -2.35. The zero-order valence-electron chi connectivity index (χ0n) is 21.3. The number of methoxy groups -OCH3 is 2. The summed E-state index contributed by atoms with van der Waals surface area (Å²) in [5, 5.41) is 2.34. The van der Waals surface area contributed by atoms with Crippen molar-refractivity contribution in [1.82, 2.24) is 15.1 Å². The predicted molar refractivity (Wildman–Crippen MR) is 136 cm³/mol. The minimum Gasteiger partial charge on any atom is -0.497 e. The van der Waals surface area contributed by atoms with Gasteiger partial charge in [0.15, 0.2) is 0 Å². The summed E-state index contributed by atoms with van der Waals surface area (Å²) in [5.74, 6) is 1.43. The molecule has 196 valence electrons. The molecule has 3 aliphatic rings. The van der Waals surface area contributed by atoms with Crippen molar-refractivity contribution in [3.63, 3.8) is 0 Å². The summed E-state index contributed by atoms with van der Waals surface area (Å²) >= 11 is 0. The molecule has 2 unspecified atom stereocenters. The summed E-state index contributed by atoms with van der Waals surface area (Å²) in [7, 11) is 3.32. The van der Waals surface area contributed by atoms with Crippen molar-refractivity contribution < 1.29 is 28.6 Å². The van der Waals surface area contributed by atoms with E-state index < -0.39 is 11.9 Å². The highest BCUT2D eigenvalue weighted by atomic mass is 16.5. The van der Waals surface area contributed by atoms with Crippen LogP contribution in [-0.4, -0.2) is 67.0 Å². The predicted octanol–water partition coefficient (Wildman–Crippen LogP) is 2.90. The molecule has 3 aliphatic heterocycles. The number of hydrogen-bond donors (Lipinski definition) is 1. The van der Waals surface area contributed by atoms with Gasteiger partial charge in [-0.1, -0.05) is 12.5 Å². The normalized spacial score (nSPS) is 22.0. The highest BCUT2D eigenvalue weighted by molar-refractivity contribution is 6.05. The maximum Gasteiger partial charge on any atom is 0.255 e. The molecule has 2 aromatic carbocycles. The minimum atomic E-state index is -0.618. The Labute approximate surface area is 216 Å². The second kappa shape index (κ2) is 10.8. The van der Waals surface area contributed by atoms with E-state index in [1.165, 1.54) is 0 Å². The van der Waals surface area contributed by atoms with Crippen LogP contribution in [0, 0.1) is 0 Å². The minimum absolute atomic E-state index is 0.178. The average molecular weight is 508 g/mol. The summed E-state index contributed by atoms with van der Waals surface area (Å²) in [4.78, 5) is 40.7. The van der Waals surface area contributed by atoms with E-state index in [9.17, 15) is 14.4 Å². The third kappa shape index (κ3) is 5.27. The third-order valence-electron chi connectivity index (χ3n) is 7.55. The van der Waals surface area contributed by atoms with E-state index in [1.807, 2.05) is 24.3 Å². The quantitative estimate of drug-likeness (QED) is 0.549. The van der Waals surface area contributed by atoms with E-state index in [1.54, 1.807) is 25.2 Å². The molecule has 3 amide bonds. The molecular weight excluding hydrogens is 474 g/mol. The van der Waals surface area contributed by atoms with Gasteiger partial charge in [-0.2, -0.15) is 0 Å². The Kier molecular flexibility index (Phi) is 7.32. The molecule has 5 rings (SSSR count). The number of nitrogens with zero attached hydrogens (tertiary/aromatic N) is 2. The lowest BCUT2D eigenvalue weighted by atomic mass is 10.0. The molecule has 9 nitrogen and oxygen atoms in total. The molecular formula is C28H33N3O6. The third-order valence-corrected chi connectivity index (χ3v) is 7.55. The molecule has 0 spiro atoms. The van der Waals surface area contributed by atoms with E-state index in [0.717, 1.165) is 55.0 Å². The van der Waals surface area contributed by atoms with Crippen LogP contribution in [0.1, 0.15) is 53.6 Å². The second-order valence-corrected chi connectivity index (χ2v) is 9.83. The summed E-state index contributed by atoms with van der Waals surface area (Å²) in [6, 6.07) is 11.1. The van der Waals surface area contributed by atoms with Crippen molar-refractivity contribution in [3.8, 4) is 17.2 Å². The molecule has 2 saturated heterocycles. The van der Waals surface area contributed by atoms with Gasteiger partial charge in [0, 0.05) is 42.7 Å². The second-order valence-electron chi connectivity index (χ2n) is 9.83. The molecule has 0 radical (unpaired) electrons. The van der Waals surface area contributed by atoms with E-state index in [-0.39, 0.29) is 24.3 Å².